The van der Waals surface area contributed by atoms with Gasteiger partial charge in [-0.1, -0.05) is 6.07 Å². The van der Waals surface area contributed by atoms with E-state index in [1.165, 1.54) is 19.2 Å². The van der Waals surface area contributed by atoms with Gasteiger partial charge in [0, 0.05) is 12.8 Å². The van der Waals surface area contributed by atoms with Crippen LogP contribution in [0, 0.1) is 0 Å². The molecule has 0 bridgehead atoms. The first-order valence-corrected chi connectivity index (χ1v) is 5.07. The second-order valence-corrected chi connectivity index (χ2v) is 3.63. The highest BCUT2D eigenvalue weighted by molar-refractivity contribution is 5.94. The van der Waals surface area contributed by atoms with Gasteiger partial charge in [0.2, 0.25) is 5.91 Å². The zero-order valence-corrected chi connectivity index (χ0v) is 10.8. The third kappa shape index (κ3) is 5.46. The van der Waals surface area contributed by atoms with Crippen molar-refractivity contribution in [1.29, 1.82) is 0 Å². The van der Waals surface area contributed by atoms with Crippen LogP contribution in [0.2, 0.25) is 0 Å². The average Bonchev–Trinajstić information content (AvgIpc) is 2.28. The highest BCUT2D eigenvalue weighted by atomic mass is 35.5. The summed E-state index contributed by atoms with van der Waals surface area (Å²) in [7, 11) is 1.37. The van der Waals surface area contributed by atoms with E-state index in [4.69, 9.17) is 5.73 Å². The van der Waals surface area contributed by atoms with Gasteiger partial charge in [0.25, 0.3) is 0 Å². The van der Waals surface area contributed by atoms with Gasteiger partial charge < -0.3 is 15.8 Å². The van der Waals surface area contributed by atoms with Crippen molar-refractivity contribution in [2.45, 2.75) is 12.2 Å². The van der Waals surface area contributed by atoms with Gasteiger partial charge in [-0.05, 0) is 18.2 Å². The predicted octanol–water partition coefficient (Wildman–Crippen LogP) is 2.04. The molecule has 1 aromatic rings. The molecule has 0 saturated carbocycles. The van der Waals surface area contributed by atoms with E-state index >= 15 is 0 Å². The molecule has 0 saturated heterocycles. The van der Waals surface area contributed by atoms with Crippen LogP contribution in [0.25, 0.3) is 0 Å². The summed E-state index contributed by atoms with van der Waals surface area (Å²) >= 11 is 0. The number of carbonyl (C=O) groups is 1. The third-order valence-corrected chi connectivity index (χ3v) is 2.14. The average molecular weight is 299 g/mol. The Hall–Kier alpha value is -1.31. The predicted molar refractivity (Wildman–Crippen MR) is 67.2 cm³/mol. The van der Waals surface area contributed by atoms with Crippen molar-refractivity contribution in [3.63, 3.8) is 0 Å². The van der Waals surface area contributed by atoms with Crippen molar-refractivity contribution in [3.8, 4) is 0 Å². The van der Waals surface area contributed by atoms with Gasteiger partial charge in [-0.2, -0.15) is 13.2 Å². The topological polar surface area (TPSA) is 64.3 Å². The summed E-state index contributed by atoms with van der Waals surface area (Å²) < 4.78 is 42.0. The molecule has 1 rings (SSSR count). The first-order valence-electron chi connectivity index (χ1n) is 5.07. The Labute approximate surface area is 114 Å². The number of methoxy groups -OCH3 is 1. The van der Waals surface area contributed by atoms with Crippen molar-refractivity contribution in [2.24, 2.45) is 5.73 Å². The number of hydrogen-bond donors (Lipinski definition) is 2. The Balaban J connectivity index is 0.00000324. The molecule has 108 valence electrons. The van der Waals surface area contributed by atoms with Crippen LogP contribution in [0.1, 0.15) is 5.56 Å². The number of hydrogen-bond acceptors (Lipinski definition) is 3. The van der Waals surface area contributed by atoms with Gasteiger partial charge in [0.05, 0.1) is 12.2 Å². The van der Waals surface area contributed by atoms with Gasteiger partial charge in [-0.15, -0.1) is 12.4 Å². The summed E-state index contributed by atoms with van der Waals surface area (Å²) in [6.45, 7) is -0.00913. The summed E-state index contributed by atoms with van der Waals surface area (Å²) in [6, 6.07) is 3.40. The molecule has 0 heterocycles. The molecule has 4 nitrogen and oxygen atoms in total. The molecule has 1 amide bonds. The normalized spacial score (nSPS) is 12.5. The molecule has 0 fully saturated rings. The second-order valence-electron chi connectivity index (χ2n) is 3.63. The lowest BCUT2D eigenvalue weighted by Gasteiger charge is -2.13. The maximum absolute atomic E-state index is 12.4. The molecule has 19 heavy (non-hydrogen) atoms. The number of anilines is 1. The van der Waals surface area contributed by atoms with Crippen LogP contribution < -0.4 is 11.1 Å². The highest BCUT2D eigenvalue weighted by Gasteiger charge is 2.30. The Morgan fingerprint density at radius 1 is 1.47 bits per heavy atom. The van der Waals surface area contributed by atoms with E-state index in [-0.39, 0.29) is 24.7 Å². The van der Waals surface area contributed by atoms with E-state index in [1.807, 2.05) is 0 Å². The van der Waals surface area contributed by atoms with Crippen LogP contribution in [-0.2, 0) is 15.7 Å². The van der Waals surface area contributed by atoms with Gasteiger partial charge in [0.1, 0.15) is 6.04 Å². The van der Waals surface area contributed by atoms with Crippen LogP contribution in [-0.4, -0.2) is 25.7 Å². The molecule has 8 heteroatoms. The van der Waals surface area contributed by atoms with E-state index in [9.17, 15) is 18.0 Å². The summed E-state index contributed by atoms with van der Waals surface area (Å²) in [5, 5.41) is 2.30. The van der Waals surface area contributed by atoms with Crippen LogP contribution in [0.3, 0.4) is 0 Å². The smallest absolute Gasteiger partial charge is 0.383 e. The van der Waals surface area contributed by atoms with Crippen LogP contribution in [0.4, 0.5) is 18.9 Å². The number of carbonyl (C=O) groups excluding carboxylic acids is 1. The Bertz CT molecular complexity index is 427. The van der Waals surface area contributed by atoms with Gasteiger partial charge >= 0.3 is 6.18 Å². The van der Waals surface area contributed by atoms with Crippen molar-refractivity contribution in [1.82, 2.24) is 0 Å². The number of ether oxygens (including phenoxy) is 1. The molecule has 0 spiro atoms. The first-order chi connectivity index (χ1) is 8.34. The van der Waals surface area contributed by atoms with Gasteiger partial charge in [-0.3, -0.25) is 4.79 Å². The number of nitrogens with one attached hydrogen (secondary N) is 1. The van der Waals surface area contributed by atoms with Crippen molar-refractivity contribution >= 4 is 24.0 Å². The number of rotatable bonds is 4. The number of benzene rings is 1. The Kier molecular flexibility index (Phi) is 6.82. The minimum Gasteiger partial charge on any atom is -0.383 e. The Morgan fingerprint density at radius 2 is 2.11 bits per heavy atom. The standard InChI is InChI=1S/C11H13F3N2O2.ClH/c1-18-6-9(15)10(17)16-8-4-2-3-7(5-8)11(12,13)14;/h2-5,9H,6,15H2,1H3,(H,16,17);1H. The van der Waals surface area contributed by atoms with Crippen molar-refractivity contribution in [2.75, 3.05) is 19.0 Å². The molecule has 1 aromatic carbocycles. The number of halogens is 4. The molecule has 0 aliphatic carbocycles. The van der Waals surface area contributed by atoms with E-state index < -0.39 is 23.7 Å². The SMILES string of the molecule is COCC(N)C(=O)Nc1cccc(C(F)(F)F)c1.Cl. The molecule has 1 atom stereocenters. The summed E-state index contributed by atoms with van der Waals surface area (Å²) in [5.41, 5.74) is 4.65. The fourth-order valence-electron chi connectivity index (χ4n) is 1.26. The molecule has 1 unspecified atom stereocenters. The van der Waals surface area contributed by atoms with E-state index in [2.05, 4.69) is 10.1 Å². The fourth-order valence-corrected chi connectivity index (χ4v) is 1.26. The van der Waals surface area contributed by atoms with Gasteiger partial charge in [0.15, 0.2) is 0 Å². The van der Waals surface area contributed by atoms with E-state index in [1.54, 1.807) is 0 Å². The zero-order valence-electron chi connectivity index (χ0n) is 10.0. The molecular formula is C11H14ClF3N2O2. The quantitative estimate of drug-likeness (QED) is 0.894. The Morgan fingerprint density at radius 3 is 2.63 bits per heavy atom. The molecule has 0 aromatic heterocycles. The van der Waals surface area contributed by atoms with Crippen molar-refractivity contribution in [3.05, 3.63) is 29.8 Å². The molecule has 0 radical (unpaired) electrons. The monoisotopic (exact) mass is 298 g/mol. The summed E-state index contributed by atoms with van der Waals surface area (Å²) in [6.07, 6.45) is -4.45. The zero-order chi connectivity index (χ0) is 13.8. The number of alkyl halides is 3. The largest absolute Gasteiger partial charge is 0.416 e. The molecule has 3 N–H and O–H groups in total. The number of amides is 1. The van der Waals surface area contributed by atoms with E-state index in [0.29, 0.717) is 0 Å². The lowest BCUT2D eigenvalue weighted by molar-refractivity contribution is -0.137. The fraction of sp³-hybridized carbons (Fsp3) is 0.364. The van der Waals surface area contributed by atoms with Gasteiger partial charge in [-0.25, -0.2) is 0 Å². The summed E-state index contributed by atoms with van der Waals surface area (Å²) in [4.78, 5) is 11.5. The first kappa shape index (κ1) is 17.7. The van der Waals surface area contributed by atoms with Crippen molar-refractivity contribution < 1.29 is 22.7 Å². The third-order valence-electron chi connectivity index (χ3n) is 2.14. The van der Waals surface area contributed by atoms with E-state index in [0.717, 1.165) is 12.1 Å². The van der Waals surface area contributed by atoms with Crippen LogP contribution in [0.5, 0.6) is 0 Å². The molecule has 0 aliphatic rings. The van der Waals surface area contributed by atoms with Crippen LogP contribution in [0.15, 0.2) is 24.3 Å². The molecule has 0 aliphatic heterocycles. The highest BCUT2D eigenvalue weighted by Crippen LogP contribution is 2.30. The minimum absolute atomic E-state index is 0. The maximum atomic E-state index is 12.4. The lowest BCUT2D eigenvalue weighted by Crippen LogP contribution is -2.39. The lowest BCUT2D eigenvalue weighted by atomic mass is 10.2. The van der Waals surface area contributed by atoms with Crippen LogP contribution >= 0.6 is 12.4 Å². The molecular weight excluding hydrogens is 285 g/mol. The maximum Gasteiger partial charge on any atom is 0.416 e. The second kappa shape index (κ2) is 7.32. The number of nitrogens with two attached hydrogens (primary N) is 1. The minimum atomic E-state index is -4.45. The summed E-state index contributed by atoms with van der Waals surface area (Å²) in [5.74, 6) is -0.601.